The van der Waals surface area contributed by atoms with E-state index in [1.807, 2.05) is 31.2 Å². The van der Waals surface area contributed by atoms with Crippen LogP contribution in [-0.2, 0) is 0 Å². The van der Waals surface area contributed by atoms with Crippen molar-refractivity contribution in [3.63, 3.8) is 0 Å². The number of urea groups is 1. The number of nitrogens with two attached hydrogens (primary N) is 1. The highest BCUT2D eigenvalue weighted by molar-refractivity contribution is 5.88. The number of carbonyl (C=O) groups is 1. The van der Waals surface area contributed by atoms with Gasteiger partial charge in [-0.2, -0.15) is 0 Å². The molecule has 1 unspecified atom stereocenters. The van der Waals surface area contributed by atoms with Crippen LogP contribution in [-0.4, -0.2) is 25.0 Å². The summed E-state index contributed by atoms with van der Waals surface area (Å²) in [7, 11) is 3.40. The molecule has 0 aliphatic heterocycles. The molecule has 2 amide bonds. The number of carbonyl (C=O) groups excluding carboxylic acids is 1. The van der Waals surface area contributed by atoms with Crippen LogP contribution in [0.2, 0.25) is 0 Å². The maximum Gasteiger partial charge on any atom is 0.321 e. The first-order valence-electron chi connectivity index (χ1n) is 4.84. The number of hydrogen-bond donors (Lipinski definition) is 2. The van der Waals surface area contributed by atoms with Crippen molar-refractivity contribution in [2.75, 3.05) is 19.4 Å². The quantitative estimate of drug-likeness (QED) is 0.776. The van der Waals surface area contributed by atoms with E-state index in [0.29, 0.717) is 0 Å². The maximum absolute atomic E-state index is 11.4. The molecule has 0 aliphatic carbocycles. The predicted molar refractivity (Wildman–Crippen MR) is 61.8 cm³/mol. The molecule has 4 nitrogen and oxygen atoms in total. The fraction of sp³-hybridized carbons (Fsp3) is 0.364. The van der Waals surface area contributed by atoms with E-state index < -0.39 is 0 Å². The summed E-state index contributed by atoms with van der Waals surface area (Å²) in [6.45, 7) is 1.91. The van der Waals surface area contributed by atoms with Crippen molar-refractivity contribution in [1.29, 1.82) is 0 Å². The van der Waals surface area contributed by atoms with Gasteiger partial charge in [0.1, 0.15) is 0 Å². The second-order valence-electron chi connectivity index (χ2n) is 3.74. The van der Waals surface area contributed by atoms with Gasteiger partial charge in [0.05, 0.1) is 0 Å². The van der Waals surface area contributed by atoms with E-state index in [1.54, 1.807) is 14.1 Å². The van der Waals surface area contributed by atoms with Crippen LogP contribution in [0, 0.1) is 0 Å². The molecule has 0 aliphatic rings. The number of rotatable bonds is 2. The molecule has 1 rings (SSSR count). The molecular formula is C11H17N3O. The smallest absolute Gasteiger partial charge is 0.321 e. The van der Waals surface area contributed by atoms with Crippen molar-refractivity contribution in [2.45, 2.75) is 13.0 Å². The number of benzene rings is 1. The van der Waals surface area contributed by atoms with Crippen molar-refractivity contribution in [2.24, 2.45) is 5.73 Å². The molecule has 0 spiro atoms. The number of amides is 2. The summed E-state index contributed by atoms with van der Waals surface area (Å²) >= 11 is 0. The van der Waals surface area contributed by atoms with Crippen molar-refractivity contribution < 1.29 is 4.79 Å². The maximum atomic E-state index is 11.4. The topological polar surface area (TPSA) is 58.4 Å². The molecule has 4 heteroatoms. The zero-order chi connectivity index (χ0) is 11.4. The van der Waals surface area contributed by atoms with E-state index in [9.17, 15) is 4.79 Å². The summed E-state index contributed by atoms with van der Waals surface area (Å²) in [6.07, 6.45) is 0. The van der Waals surface area contributed by atoms with Gasteiger partial charge in [-0.3, -0.25) is 0 Å². The summed E-state index contributed by atoms with van der Waals surface area (Å²) < 4.78 is 0. The predicted octanol–water partition coefficient (Wildman–Crippen LogP) is 1.80. The molecule has 1 aromatic rings. The van der Waals surface area contributed by atoms with E-state index in [2.05, 4.69) is 5.32 Å². The Bertz CT molecular complexity index is 347. The average molecular weight is 207 g/mol. The second kappa shape index (κ2) is 4.79. The van der Waals surface area contributed by atoms with Crippen LogP contribution < -0.4 is 11.1 Å². The molecule has 0 bridgehead atoms. The third kappa shape index (κ3) is 3.25. The summed E-state index contributed by atoms with van der Waals surface area (Å²) in [6, 6.07) is 7.37. The van der Waals surface area contributed by atoms with Gasteiger partial charge < -0.3 is 16.0 Å². The molecule has 82 valence electrons. The van der Waals surface area contributed by atoms with Gasteiger partial charge in [-0.25, -0.2) is 4.79 Å². The largest absolute Gasteiger partial charge is 0.331 e. The summed E-state index contributed by atoms with van der Waals surface area (Å²) in [5, 5.41) is 2.77. The lowest BCUT2D eigenvalue weighted by atomic mass is 10.1. The highest BCUT2D eigenvalue weighted by atomic mass is 16.2. The Hall–Kier alpha value is -1.55. The molecular weight excluding hydrogens is 190 g/mol. The molecule has 0 fully saturated rings. The lowest BCUT2D eigenvalue weighted by Gasteiger charge is -2.13. The third-order valence-electron chi connectivity index (χ3n) is 2.07. The SMILES string of the molecule is CC(N)c1cccc(NC(=O)N(C)C)c1. The Balaban J connectivity index is 2.78. The van der Waals surface area contributed by atoms with E-state index in [1.165, 1.54) is 4.90 Å². The van der Waals surface area contributed by atoms with Crippen molar-refractivity contribution >= 4 is 11.7 Å². The molecule has 0 radical (unpaired) electrons. The zero-order valence-electron chi connectivity index (χ0n) is 9.32. The normalized spacial score (nSPS) is 12.0. The van der Waals surface area contributed by atoms with Crippen LogP contribution in [0.4, 0.5) is 10.5 Å². The Morgan fingerprint density at radius 2 is 2.13 bits per heavy atom. The van der Waals surface area contributed by atoms with Gasteiger partial charge >= 0.3 is 6.03 Å². The first-order valence-corrected chi connectivity index (χ1v) is 4.84. The van der Waals surface area contributed by atoms with Crippen molar-refractivity contribution in [1.82, 2.24) is 4.90 Å². The standard InChI is InChI=1S/C11H17N3O/c1-8(12)9-5-4-6-10(7-9)13-11(15)14(2)3/h4-8H,12H2,1-3H3,(H,13,15). The van der Waals surface area contributed by atoms with Gasteiger partial charge in [0.25, 0.3) is 0 Å². The van der Waals surface area contributed by atoms with E-state index in [4.69, 9.17) is 5.73 Å². The molecule has 1 atom stereocenters. The average Bonchev–Trinajstić information content (AvgIpc) is 2.18. The van der Waals surface area contributed by atoms with Gasteiger partial charge in [0, 0.05) is 25.8 Å². The summed E-state index contributed by atoms with van der Waals surface area (Å²) in [5.74, 6) is 0. The third-order valence-corrected chi connectivity index (χ3v) is 2.07. The number of anilines is 1. The molecule has 0 saturated carbocycles. The fourth-order valence-corrected chi connectivity index (χ4v) is 1.13. The van der Waals surface area contributed by atoms with Gasteiger partial charge in [-0.05, 0) is 24.6 Å². The Kier molecular flexibility index (Phi) is 3.68. The van der Waals surface area contributed by atoms with Crippen LogP contribution in [0.25, 0.3) is 0 Å². The molecule has 0 aromatic heterocycles. The Labute approximate surface area is 90.1 Å². The zero-order valence-corrected chi connectivity index (χ0v) is 9.32. The minimum absolute atomic E-state index is 0.0267. The van der Waals surface area contributed by atoms with Crippen LogP contribution in [0.5, 0.6) is 0 Å². The lowest BCUT2D eigenvalue weighted by Crippen LogP contribution is -2.27. The lowest BCUT2D eigenvalue weighted by molar-refractivity contribution is 0.230. The Morgan fingerprint density at radius 3 is 2.67 bits per heavy atom. The number of nitrogens with zero attached hydrogens (tertiary/aromatic N) is 1. The van der Waals surface area contributed by atoms with Gasteiger partial charge in [0.2, 0.25) is 0 Å². The first-order chi connectivity index (χ1) is 7.00. The first kappa shape index (κ1) is 11.5. The van der Waals surface area contributed by atoms with E-state index >= 15 is 0 Å². The van der Waals surface area contributed by atoms with E-state index in [-0.39, 0.29) is 12.1 Å². The fourth-order valence-electron chi connectivity index (χ4n) is 1.13. The second-order valence-corrected chi connectivity index (χ2v) is 3.74. The molecule has 3 N–H and O–H groups in total. The Morgan fingerprint density at radius 1 is 1.47 bits per heavy atom. The molecule has 0 saturated heterocycles. The number of hydrogen-bond acceptors (Lipinski definition) is 2. The van der Waals surface area contributed by atoms with Crippen molar-refractivity contribution in [3.05, 3.63) is 29.8 Å². The van der Waals surface area contributed by atoms with Crippen LogP contribution in [0.3, 0.4) is 0 Å². The molecule has 0 heterocycles. The molecule has 1 aromatic carbocycles. The van der Waals surface area contributed by atoms with E-state index in [0.717, 1.165) is 11.3 Å². The van der Waals surface area contributed by atoms with Gasteiger partial charge in [-0.15, -0.1) is 0 Å². The monoisotopic (exact) mass is 207 g/mol. The van der Waals surface area contributed by atoms with Gasteiger partial charge in [-0.1, -0.05) is 12.1 Å². The molecule has 15 heavy (non-hydrogen) atoms. The summed E-state index contributed by atoms with van der Waals surface area (Å²) in [4.78, 5) is 12.9. The van der Waals surface area contributed by atoms with Crippen molar-refractivity contribution in [3.8, 4) is 0 Å². The minimum atomic E-state index is -0.142. The minimum Gasteiger partial charge on any atom is -0.331 e. The highest BCUT2D eigenvalue weighted by Crippen LogP contribution is 2.15. The highest BCUT2D eigenvalue weighted by Gasteiger charge is 2.05. The number of nitrogens with one attached hydrogen (secondary N) is 1. The van der Waals surface area contributed by atoms with Gasteiger partial charge in [0.15, 0.2) is 0 Å². The van der Waals surface area contributed by atoms with Crippen LogP contribution >= 0.6 is 0 Å². The van der Waals surface area contributed by atoms with Crippen LogP contribution in [0.1, 0.15) is 18.5 Å². The van der Waals surface area contributed by atoms with Crippen LogP contribution in [0.15, 0.2) is 24.3 Å². The summed E-state index contributed by atoms with van der Waals surface area (Å²) in [5.41, 5.74) is 7.52.